The number of benzene rings is 1. The summed E-state index contributed by atoms with van der Waals surface area (Å²) in [7, 11) is 0. The van der Waals surface area contributed by atoms with Gasteiger partial charge in [-0.25, -0.2) is 0 Å². The van der Waals surface area contributed by atoms with Gasteiger partial charge in [-0.3, -0.25) is 14.4 Å². The monoisotopic (exact) mass is 497 g/mol. The first-order valence-electron chi connectivity index (χ1n) is 13.7. The van der Waals surface area contributed by atoms with Gasteiger partial charge in [-0.1, -0.05) is 44.4 Å². The molecule has 1 aliphatic carbocycles. The normalized spacial score (nSPS) is 33.6. The van der Waals surface area contributed by atoms with Gasteiger partial charge in [0.1, 0.15) is 11.6 Å². The van der Waals surface area contributed by atoms with Crippen molar-refractivity contribution in [2.45, 2.75) is 94.4 Å². The van der Waals surface area contributed by atoms with Gasteiger partial charge in [-0.15, -0.1) is 0 Å². The second kappa shape index (κ2) is 10.1. The fourth-order valence-corrected chi connectivity index (χ4v) is 7.32. The Morgan fingerprint density at radius 1 is 1.08 bits per heavy atom. The van der Waals surface area contributed by atoms with E-state index in [4.69, 9.17) is 4.74 Å². The molecule has 0 aromatic heterocycles. The van der Waals surface area contributed by atoms with Gasteiger partial charge >= 0.3 is 0 Å². The number of hydrogen-bond acceptors (Lipinski definition) is 5. The number of ether oxygens (including phenoxy) is 1. The van der Waals surface area contributed by atoms with Gasteiger partial charge in [-0.2, -0.15) is 0 Å². The first-order chi connectivity index (χ1) is 17.5. The third kappa shape index (κ3) is 4.12. The van der Waals surface area contributed by atoms with E-state index in [1.807, 2.05) is 37.3 Å². The number of likely N-dealkylation sites (tertiary alicyclic amines) is 1. The van der Waals surface area contributed by atoms with E-state index in [1.165, 1.54) is 6.42 Å². The summed E-state index contributed by atoms with van der Waals surface area (Å²) in [6, 6.07) is 8.64. The molecule has 5 atom stereocenters. The number of carbonyl (C=O) groups is 3. The Kier molecular flexibility index (Phi) is 7.10. The molecule has 4 fully saturated rings. The van der Waals surface area contributed by atoms with E-state index in [1.54, 1.807) is 4.90 Å². The minimum Gasteiger partial charge on any atom is -0.396 e. The molecular formula is C28H39N3O5. The Bertz CT molecular complexity index is 981. The third-order valence-electron chi connectivity index (χ3n) is 9.01. The predicted octanol–water partition coefficient (Wildman–Crippen LogP) is 3.00. The first-order valence-corrected chi connectivity index (χ1v) is 13.7. The van der Waals surface area contributed by atoms with Crippen molar-refractivity contribution >= 4 is 23.4 Å². The van der Waals surface area contributed by atoms with Crippen LogP contribution < -0.4 is 10.6 Å². The van der Waals surface area contributed by atoms with Crippen molar-refractivity contribution in [2.75, 3.05) is 18.5 Å². The molecule has 8 nitrogen and oxygen atoms in total. The van der Waals surface area contributed by atoms with Crippen molar-refractivity contribution in [3.63, 3.8) is 0 Å². The maximum absolute atomic E-state index is 14.0. The highest BCUT2D eigenvalue weighted by molar-refractivity contribution is 6.02. The summed E-state index contributed by atoms with van der Waals surface area (Å²) >= 11 is 0. The minimum atomic E-state index is -0.996. The van der Waals surface area contributed by atoms with E-state index in [-0.39, 0.29) is 30.4 Å². The van der Waals surface area contributed by atoms with E-state index < -0.39 is 29.1 Å². The van der Waals surface area contributed by atoms with Crippen LogP contribution in [0, 0.1) is 11.8 Å². The van der Waals surface area contributed by atoms with Crippen molar-refractivity contribution in [3.8, 4) is 0 Å². The number of carbonyl (C=O) groups excluding carboxylic acids is 3. The number of aliphatic hydroxyl groups is 1. The summed E-state index contributed by atoms with van der Waals surface area (Å²) in [5, 5.41) is 15.6. The lowest BCUT2D eigenvalue weighted by Gasteiger charge is -2.35. The molecule has 1 aromatic rings. The van der Waals surface area contributed by atoms with Gasteiger partial charge in [0.2, 0.25) is 17.7 Å². The molecule has 3 N–H and O–H groups in total. The third-order valence-corrected chi connectivity index (χ3v) is 9.01. The van der Waals surface area contributed by atoms with Crippen LogP contribution in [0.4, 0.5) is 5.69 Å². The number of nitrogens with zero attached hydrogens (tertiary/aromatic N) is 1. The molecule has 2 bridgehead atoms. The summed E-state index contributed by atoms with van der Waals surface area (Å²) in [6.07, 6.45) is 8.28. The zero-order valence-electron chi connectivity index (χ0n) is 21.2. The van der Waals surface area contributed by atoms with Gasteiger partial charge in [0.05, 0.1) is 17.4 Å². The highest BCUT2D eigenvalue weighted by Gasteiger charge is 2.78. The molecule has 3 saturated heterocycles. The molecule has 1 aromatic carbocycles. The Morgan fingerprint density at radius 3 is 2.53 bits per heavy atom. The maximum Gasteiger partial charge on any atom is 0.246 e. The molecule has 0 radical (unpaired) electrons. The summed E-state index contributed by atoms with van der Waals surface area (Å²) in [4.78, 5) is 43.3. The van der Waals surface area contributed by atoms with Crippen molar-refractivity contribution < 1.29 is 24.2 Å². The van der Waals surface area contributed by atoms with Gasteiger partial charge in [0.15, 0.2) is 0 Å². The van der Waals surface area contributed by atoms with Gasteiger partial charge in [-0.05, 0) is 57.1 Å². The van der Waals surface area contributed by atoms with Crippen LogP contribution in [0.5, 0.6) is 0 Å². The quantitative estimate of drug-likeness (QED) is 0.455. The summed E-state index contributed by atoms with van der Waals surface area (Å²) in [5.41, 5.74) is -1.06. The highest BCUT2D eigenvalue weighted by Crippen LogP contribution is 2.64. The van der Waals surface area contributed by atoms with Crippen molar-refractivity contribution in [3.05, 3.63) is 30.3 Å². The van der Waals surface area contributed by atoms with Crippen LogP contribution in [0.3, 0.4) is 0 Å². The lowest BCUT2D eigenvalue weighted by Crippen LogP contribution is -2.57. The van der Waals surface area contributed by atoms with Crippen LogP contribution in [-0.2, 0) is 19.1 Å². The molecule has 3 aliphatic heterocycles. The molecule has 3 heterocycles. The van der Waals surface area contributed by atoms with E-state index in [0.717, 1.165) is 25.7 Å². The first kappa shape index (κ1) is 25.2. The van der Waals surface area contributed by atoms with E-state index >= 15 is 0 Å². The lowest BCUT2D eigenvalue weighted by molar-refractivity contribution is -0.147. The van der Waals surface area contributed by atoms with Crippen molar-refractivity contribution in [1.29, 1.82) is 0 Å². The van der Waals surface area contributed by atoms with Crippen molar-refractivity contribution in [2.24, 2.45) is 11.8 Å². The fourth-order valence-electron chi connectivity index (χ4n) is 7.32. The van der Waals surface area contributed by atoms with E-state index in [9.17, 15) is 19.5 Å². The lowest BCUT2D eigenvalue weighted by atomic mass is 9.65. The molecule has 3 amide bonds. The Hall–Kier alpha value is -2.45. The van der Waals surface area contributed by atoms with Crippen LogP contribution in [0.2, 0.25) is 0 Å². The van der Waals surface area contributed by atoms with Gasteiger partial charge in [0.25, 0.3) is 0 Å². The number of aliphatic hydroxyl groups excluding tert-OH is 1. The van der Waals surface area contributed by atoms with Crippen LogP contribution in [0.1, 0.15) is 71.1 Å². The zero-order valence-corrected chi connectivity index (χ0v) is 21.2. The van der Waals surface area contributed by atoms with Crippen LogP contribution in [-0.4, -0.2) is 64.2 Å². The molecule has 1 saturated carbocycles. The number of para-hydroxylation sites is 1. The van der Waals surface area contributed by atoms with Gasteiger partial charge < -0.3 is 25.4 Å². The van der Waals surface area contributed by atoms with E-state index in [0.29, 0.717) is 44.3 Å². The van der Waals surface area contributed by atoms with E-state index in [2.05, 4.69) is 10.6 Å². The summed E-state index contributed by atoms with van der Waals surface area (Å²) in [6.45, 7) is 2.41. The number of fused-ring (bicyclic) bond motifs is 1. The molecule has 1 spiro atoms. The number of hydrogen-bond donors (Lipinski definition) is 3. The second-order valence-electron chi connectivity index (χ2n) is 11.0. The molecule has 5 rings (SSSR count). The van der Waals surface area contributed by atoms with Gasteiger partial charge in [0, 0.05) is 24.9 Å². The topological polar surface area (TPSA) is 108 Å². The van der Waals surface area contributed by atoms with Crippen LogP contribution >= 0.6 is 0 Å². The largest absolute Gasteiger partial charge is 0.396 e. The minimum absolute atomic E-state index is 0.0348. The SMILES string of the molecule is CC[C@@]12CCC3(O1)C(C(=O)NC1CCCCC1)N(CCCCO)C(=O)[C@@H]3[C@@H]2C(=O)Nc1ccccc1. The number of rotatable bonds is 9. The summed E-state index contributed by atoms with van der Waals surface area (Å²) < 4.78 is 6.79. The Balaban J connectivity index is 1.47. The molecule has 2 unspecified atom stereocenters. The second-order valence-corrected chi connectivity index (χ2v) is 11.0. The average molecular weight is 498 g/mol. The highest BCUT2D eigenvalue weighted by atomic mass is 16.5. The molecule has 196 valence electrons. The smallest absolute Gasteiger partial charge is 0.246 e. The fraction of sp³-hybridized carbons (Fsp3) is 0.679. The number of amides is 3. The van der Waals surface area contributed by atoms with Crippen molar-refractivity contribution in [1.82, 2.24) is 10.2 Å². The molecule has 8 heteroatoms. The zero-order chi connectivity index (χ0) is 25.3. The summed E-state index contributed by atoms with van der Waals surface area (Å²) in [5.74, 6) is -1.88. The average Bonchev–Trinajstić information content (AvgIpc) is 3.49. The molecule has 4 aliphatic rings. The maximum atomic E-state index is 14.0. The number of anilines is 1. The number of nitrogens with one attached hydrogen (secondary N) is 2. The molecular weight excluding hydrogens is 458 g/mol. The predicted molar refractivity (Wildman–Crippen MR) is 135 cm³/mol. The van der Waals surface area contributed by atoms with Crippen LogP contribution in [0.25, 0.3) is 0 Å². The Labute approximate surface area is 213 Å². The number of unbranched alkanes of at least 4 members (excludes halogenated alkanes) is 1. The molecule has 36 heavy (non-hydrogen) atoms. The van der Waals surface area contributed by atoms with Crippen LogP contribution in [0.15, 0.2) is 30.3 Å². The Morgan fingerprint density at radius 2 is 1.83 bits per heavy atom. The standard InChI is InChI=1S/C28H39N3O5/c1-2-27-15-16-28(36-27)22(21(27)24(33)29-19-11-5-3-6-12-19)26(35)31(17-9-10-18-32)23(28)25(34)30-20-13-7-4-8-14-20/h3,5-6,11-12,20-23,32H,2,4,7-10,13-18H2,1H3,(H,29,33)(H,30,34)/t21-,22+,23?,27+,28?/m1/s1.